The number of halogens is 4. The number of likely N-dealkylation sites (tertiary alicyclic amines) is 1. The highest BCUT2D eigenvalue weighted by molar-refractivity contribution is 5.74. The largest absolute Gasteiger partial charge is 0.416 e. The van der Waals surface area contributed by atoms with Gasteiger partial charge in [0.25, 0.3) is 0 Å². The molecule has 27 heavy (non-hydrogen) atoms. The Morgan fingerprint density at radius 3 is 2.33 bits per heavy atom. The number of hydrogen-bond donors (Lipinski definition) is 1. The van der Waals surface area contributed by atoms with Crippen LogP contribution in [0.3, 0.4) is 0 Å². The predicted molar refractivity (Wildman–Crippen MR) is 91.5 cm³/mol. The molecule has 8 heteroatoms. The van der Waals surface area contributed by atoms with Crippen LogP contribution >= 0.6 is 0 Å². The van der Waals surface area contributed by atoms with Gasteiger partial charge in [0.1, 0.15) is 0 Å². The highest BCUT2D eigenvalue weighted by Gasteiger charge is 2.38. The number of hydrogen-bond acceptors (Lipinski definition) is 2. The molecule has 2 aromatic rings. The number of benzene rings is 1. The summed E-state index contributed by atoms with van der Waals surface area (Å²) in [6.07, 6.45) is -2.54. The maximum absolute atomic E-state index is 15.0. The van der Waals surface area contributed by atoms with Gasteiger partial charge in [0.15, 0.2) is 5.67 Å². The lowest BCUT2D eigenvalue weighted by Crippen LogP contribution is -2.47. The average Bonchev–Trinajstić information content (AvgIpc) is 2.67. The normalized spacial score (nSPS) is 16.8. The molecule has 1 fully saturated rings. The standard InChI is InChI=1S/C19H19F4N3O/c20-18(16-3-1-2-10-24-16)8-11-26(12-9-18)17(27)25-13-14-4-6-15(7-5-14)19(21,22)23/h1-7,10H,8-9,11-13H2,(H,25,27). The van der Waals surface area contributed by atoms with Gasteiger partial charge in [0.05, 0.1) is 11.3 Å². The lowest BCUT2D eigenvalue weighted by Gasteiger charge is -2.36. The predicted octanol–water partition coefficient (Wildman–Crippen LogP) is 4.27. The van der Waals surface area contributed by atoms with Crippen molar-refractivity contribution in [3.8, 4) is 0 Å². The van der Waals surface area contributed by atoms with Crippen molar-refractivity contribution < 1.29 is 22.4 Å². The van der Waals surface area contributed by atoms with Gasteiger partial charge in [-0.1, -0.05) is 18.2 Å². The van der Waals surface area contributed by atoms with E-state index in [1.54, 1.807) is 24.4 Å². The number of urea groups is 1. The average molecular weight is 381 g/mol. The molecule has 1 aliphatic rings. The number of rotatable bonds is 3. The van der Waals surface area contributed by atoms with Gasteiger partial charge in [-0.05, 0) is 29.8 Å². The number of pyridine rings is 1. The van der Waals surface area contributed by atoms with Crippen LogP contribution in [0.25, 0.3) is 0 Å². The Morgan fingerprint density at radius 1 is 1.11 bits per heavy atom. The van der Waals surface area contributed by atoms with Crippen molar-refractivity contribution in [2.75, 3.05) is 13.1 Å². The molecule has 1 aromatic heterocycles. The Hall–Kier alpha value is -2.64. The lowest BCUT2D eigenvalue weighted by molar-refractivity contribution is -0.137. The fraction of sp³-hybridized carbons (Fsp3) is 0.368. The van der Waals surface area contributed by atoms with Gasteiger partial charge >= 0.3 is 12.2 Å². The van der Waals surface area contributed by atoms with Crippen LogP contribution < -0.4 is 5.32 Å². The molecule has 4 nitrogen and oxygen atoms in total. The minimum Gasteiger partial charge on any atom is -0.334 e. The molecule has 0 aliphatic carbocycles. The van der Waals surface area contributed by atoms with Crippen molar-refractivity contribution in [3.05, 3.63) is 65.5 Å². The number of aromatic nitrogens is 1. The van der Waals surface area contributed by atoms with Crippen LogP contribution in [0.5, 0.6) is 0 Å². The first kappa shape index (κ1) is 19.1. The van der Waals surface area contributed by atoms with E-state index in [0.29, 0.717) is 11.3 Å². The molecular formula is C19H19F4N3O. The second-order valence-corrected chi connectivity index (χ2v) is 6.52. The van der Waals surface area contributed by atoms with Gasteiger partial charge in [0, 0.05) is 38.7 Å². The summed E-state index contributed by atoms with van der Waals surface area (Å²) >= 11 is 0. The maximum atomic E-state index is 15.0. The smallest absolute Gasteiger partial charge is 0.334 e. The van der Waals surface area contributed by atoms with E-state index in [-0.39, 0.29) is 38.5 Å². The first-order valence-corrected chi connectivity index (χ1v) is 8.57. The van der Waals surface area contributed by atoms with Crippen molar-refractivity contribution in [1.82, 2.24) is 15.2 Å². The zero-order chi connectivity index (χ0) is 19.5. The Kier molecular flexibility index (Phi) is 5.34. The van der Waals surface area contributed by atoms with E-state index in [9.17, 15) is 18.0 Å². The van der Waals surface area contributed by atoms with E-state index in [1.807, 2.05) is 0 Å². The summed E-state index contributed by atoms with van der Waals surface area (Å²) < 4.78 is 52.7. The quantitative estimate of drug-likeness (QED) is 0.807. The summed E-state index contributed by atoms with van der Waals surface area (Å²) in [5.74, 6) is 0. The van der Waals surface area contributed by atoms with E-state index in [2.05, 4.69) is 10.3 Å². The molecule has 0 radical (unpaired) electrons. The van der Waals surface area contributed by atoms with Crippen LogP contribution in [0.4, 0.5) is 22.4 Å². The van der Waals surface area contributed by atoms with Crippen LogP contribution in [0.1, 0.15) is 29.7 Å². The summed E-state index contributed by atoms with van der Waals surface area (Å²) in [5, 5.41) is 2.66. The summed E-state index contributed by atoms with van der Waals surface area (Å²) in [4.78, 5) is 17.8. The lowest BCUT2D eigenvalue weighted by atomic mass is 9.90. The molecule has 144 valence electrons. The molecule has 0 spiro atoms. The second-order valence-electron chi connectivity index (χ2n) is 6.52. The molecule has 0 unspecified atom stereocenters. The fourth-order valence-corrected chi connectivity index (χ4v) is 3.05. The topological polar surface area (TPSA) is 45.2 Å². The number of carbonyl (C=O) groups is 1. The van der Waals surface area contributed by atoms with E-state index in [0.717, 1.165) is 12.1 Å². The maximum Gasteiger partial charge on any atom is 0.416 e. The van der Waals surface area contributed by atoms with Gasteiger partial charge in [-0.2, -0.15) is 13.2 Å². The molecule has 0 atom stereocenters. The van der Waals surface area contributed by atoms with Crippen molar-refractivity contribution in [2.24, 2.45) is 0 Å². The number of nitrogens with one attached hydrogen (secondary N) is 1. The third-order valence-electron chi connectivity index (χ3n) is 4.69. The number of amides is 2. The minimum atomic E-state index is -4.39. The third-order valence-corrected chi connectivity index (χ3v) is 4.69. The van der Waals surface area contributed by atoms with Crippen LogP contribution in [0.15, 0.2) is 48.7 Å². The zero-order valence-electron chi connectivity index (χ0n) is 14.5. The number of alkyl halides is 4. The Labute approximate surface area is 154 Å². The van der Waals surface area contributed by atoms with Crippen molar-refractivity contribution in [2.45, 2.75) is 31.2 Å². The highest BCUT2D eigenvalue weighted by atomic mass is 19.4. The minimum absolute atomic E-state index is 0.106. The molecule has 3 rings (SSSR count). The summed E-state index contributed by atoms with van der Waals surface area (Å²) in [6, 6.07) is 9.33. The van der Waals surface area contributed by atoms with Crippen LogP contribution in [-0.4, -0.2) is 29.0 Å². The molecule has 2 amide bonds. The second kappa shape index (κ2) is 7.54. The van der Waals surface area contributed by atoms with Crippen molar-refractivity contribution in [1.29, 1.82) is 0 Å². The Morgan fingerprint density at radius 2 is 1.78 bits per heavy atom. The third kappa shape index (κ3) is 4.56. The SMILES string of the molecule is O=C(NCc1ccc(C(F)(F)F)cc1)N1CCC(F)(c2ccccn2)CC1. The van der Waals surface area contributed by atoms with Gasteiger partial charge in [-0.3, -0.25) is 4.98 Å². The van der Waals surface area contributed by atoms with Gasteiger partial charge in [-0.25, -0.2) is 9.18 Å². The first-order chi connectivity index (χ1) is 12.8. The molecule has 0 bridgehead atoms. The fourth-order valence-electron chi connectivity index (χ4n) is 3.05. The summed E-state index contributed by atoms with van der Waals surface area (Å²) in [5.41, 5.74) is -1.36. The molecule has 1 saturated heterocycles. The van der Waals surface area contributed by atoms with Crippen molar-refractivity contribution in [3.63, 3.8) is 0 Å². The van der Waals surface area contributed by atoms with Crippen LogP contribution in [0.2, 0.25) is 0 Å². The molecule has 2 heterocycles. The molecule has 1 aromatic carbocycles. The molecular weight excluding hydrogens is 362 g/mol. The molecule has 1 N–H and O–H groups in total. The Balaban J connectivity index is 1.51. The van der Waals surface area contributed by atoms with Gasteiger partial charge in [-0.15, -0.1) is 0 Å². The summed E-state index contributed by atoms with van der Waals surface area (Å²) in [7, 11) is 0. The van der Waals surface area contributed by atoms with E-state index >= 15 is 4.39 Å². The number of piperidine rings is 1. The highest BCUT2D eigenvalue weighted by Crippen LogP contribution is 2.35. The first-order valence-electron chi connectivity index (χ1n) is 8.57. The zero-order valence-corrected chi connectivity index (χ0v) is 14.5. The van der Waals surface area contributed by atoms with E-state index in [1.165, 1.54) is 17.0 Å². The van der Waals surface area contributed by atoms with Crippen molar-refractivity contribution >= 4 is 6.03 Å². The van der Waals surface area contributed by atoms with E-state index in [4.69, 9.17) is 0 Å². The summed E-state index contributed by atoms with van der Waals surface area (Å²) in [6.45, 7) is 0.590. The molecule has 1 aliphatic heterocycles. The van der Waals surface area contributed by atoms with Gasteiger partial charge < -0.3 is 10.2 Å². The van der Waals surface area contributed by atoms with Crippen LogP contribution in [0, 0.1) is 0 Å². The van der Waals surface area contributed by atoms with E-state index < -0.39 is 17.4 Å². The number of nitrogens with zero attached hydrogens (tertiary/aromatic N) is 2. The molecule has 0 saturated carbocycles. The van der Waals surface area contributed by atoms with Crippen LogP contribution in [-0.2, 0) is 18.4 Å². The Bertz CT molecular complexity index is 770. The van der Waals surface area contributed by atoms with Gasteiger partial charge in [0.2, 0.25) is 0 Å². The number of carbonyl (C=O) groups excluding carboxylic acids is 1. The monoisotopic (exact) mass is 381 g/mol.